The largest absolute Gasteiger partial charge is 0.479 e. The van der Waals surface area contributed by atoms with Gasteiger partial charge in [-0.05, 0) is 6.07 Å². The van der Waals surface area contributed by atoms with Crippen LogP contribution in [0.1, 0.15) is 18.5 Å². The van der Waals surface area contributed by atoms with Crippen LogP contribution >= 0.6 is 0 Å². The average Bonchev–Trinajstić information content (AvgIpc) is 2.48. The molecule has 0 saturated carbocycles. The summed E-state index contributed by atoms with van der Waals surface area (Å²) in [4.78, 5) is 10.5. The van der Waals surface area contributed by atoms with Gasteiger partial charge in [0.15, 0.2) is 6.10 Å². The summed E-state index contributed by atoms with van der Waals surface area (Å²) in [6.45, 7) is 1.65. The number of aliphatic hydroxyl groups excluding tert-OH is 1. The molecule has 2 N–H and O–H groups in total. The number of nitrogens with zero attached hydrogens (tertiary/aromatic N) is 2. The minimum Gasteiger partial charge on any atom is -0.479 e. The highest BCUT2D eigenvalue weighted by molar-refractivity contribution is 5.73. The lowest BCUT2D eigenvalue weighted by Crippen LogP contribution is -2.27. The quantitative estimate of drug-likeness (QED) is 0.691. The van der Waals surface area contributed by atoms with Crippen LogP contribution in [0.15, 0.2) is 12.3 Å². The first-order valence-corrected chi connectivity index (χ1v) is 3.92. The van der Waals surface area contributed by atoms with E-state index in [2.05, 4.69) is 5.10 Å². The predicted molar refractivity (Wildman–Crippen MR) is 45.3 cm³/mol. The normalized spacial score (nSPS) is 15.3. The number of aliphatic hydroxyl groups is 1. The third-order valence-electron chi connectivity index (χ3n) is 2.05. The molecule has 0 spiro atoms. The Bertz CT molecular complexity index is 308. The molecule has 0 saturated heterocycles. The second-order valence-electron chi connectivity index (χ2n) is 2.95. The van der Waals surface area contributed by atoms with Gasteiger partial charge in [-0.25, -0.2) is 4.79 Å². The van der Waals surface area contributed by atoms with Crippen LogP contribution in [0.3, 0.4) is 0 Å². The van der Waals surface area contributed by atoms with Crippen molar-refractivity contribution < 1.29 is 15.0 Å². The third-order valence-corrected chi connectivity index (χ3v) is 2.05. The molecule has 5 heteroatoms. The predicted octanol–water partition coefficient (Wildman–Crippen LogP) is -0.0309. The molecule has 2 unspecified atom stereocenters. The summed E-state index contributed by atoms with van der Waals surface area (Å²) in [6, 6.07) is 1.69. The van der Waals surface area contributed by atoms with E-state index in [9.17, 15) is 9.90 Å². The van der Waals surface area contributed by atoms with E-state index in [0.29, 0.717) is 5.69 Å². The van der Waals surface area contributed by atoms with Crippen molar-refractivity contribution in [3.63, 3.8) is 0 Å². The number of aryl methyl sites for hydroxylation is 1. The second-order valence-corrected chi connectivity index (χ2v) is 2.95. The number of aliphatic carboxylic acids is 1. The summed E-state index contributed by atoms with van der Waals surface area (Å²) in [5, 5.41) is 21.7. The van der Waals surface area contributed by atoms with Gasteiger partial charge in [-0.2, -0.15) is 5.10 Å². The van der Waals surface area contributed by atoms with Crippen LogP contribution in [0.5, 0.6) is 0 Å². The number of aromatic nitrogens is 2. The van der Waals surface area contributed by atoms with Crippen LogP contribution < -0.4 is 0 Å². The first-order valence-electron chi connectivity index (χ1n) is 3.92. The monoisotopic (exact) mass is 184 g/mol. The van der Waals surface area contributed by atoms with Crippen LogP contribution in [0.25, 0.3) is 0 Å². The third kappa shape index (κ3) is 1.86. The molecule has 1 heterocycles. The Morgan fingerprint density at radius 3 is 2.69 bits per heavy atom. The lowest BCUT2D eigenvalue weighted by atomic mass is 10.0. The van der Waals surface area contributed by atoms with Gasteiger partial charge in [0.1, 0.15) is 0 Å². The molecule has 2 atom stereocenters. The van der Waals surface area contributed by atoms with Crippen molar-refractivity contribution in [1.82, 2.24) is 9.78 Å². The molecule has 0 bridgehead atoms. The molecule has 0 aromatic carbocycles. The Balaban J connectivity index is 2.85. The van der Waals surface area contributed by atoms with Crippen molar-refractivity contribution in [1.29, 1.82) is 0 Å². The van der Waals surface area contributed by atoms with Crippen LogP contribution in [-0.2, 0) is 11.8 Å². The molecule has 0 radical (unpaired) electrons. The molecule has 1 rings (SSSR count). The number of hydrogen-bond acceptors (Lipinski definition) is 3. The van der Waals surface area contributed by atoms with E-state index in [1.807, 2.05) is 0 Å². The van der Waals surface area contributed by atoms with Gasteiger partial charge in [0.2, 0.25) is 0 Å². The Morgan fingerprint density at radius 2 is 2.31 bits per heavy atom. The van der Waals surface area contributed by atoms with E-state index < -0.39 is 18.0 Å². The van der Waals surface area contributed by atoms with Crippen molar-refractivity contribution in [3.8, 4) is 0 Å². The Labute approximate surface area is 75.6 Å². The summed E-state index contributed by atoms with van der Waals surface area (Å²) >= 11 is 0. The van der Waals surface area contributed by atoms with Crippen LogP contribution in [-0.4, -0.2) is 32.1 Å². The van der Waals surface area contributed by atoms with Gasteiger partial charge >= 0.3 is 5.97 Å². The van der Waals surface area contributed by atoms with Crippen LogP contribution in [0, 0.1) is 0 Å². The Morgan fingerprint density at radius 1 is 1.69 bits per heavy atom. The number of hydrogen-bond donors (Lipinski definition) is 2. The molecule has 0 fully saturated rings. The number of carboxylic acids is 1. The maximum absolute atomic E-state index is 10.5. The van der Waals surface area contributed by atoms with Gasteiger partial charge in [-0.1, -0.05) is 6.92 Å². The second kappa shape index (κ2) is 3.57. The maximum atomic E-state index is 10.5. The highest BCUT2D eigenvalue weighted by atomic mass is 16.4. The lowest BCUT2D eigenvalue weighted by Gasteiger charge is -2.14. The number of carboxylic acid groups (broad SMARTS) is 1. The van der Waals surface area contributed by atoms with E-state index in [4.69, 9.17) is 5.11 Å². The smallest absolute Gasteiger partial charge is 0.333 e. The zero-order valence-corrected chi connectivity index (χ0v) is 7.51. The van der Waals surface area contributed by atoms with Crippen molar-refractivity contribution in [2.45, 2.75) is 18.9 Å². The zero-order valence-electron chi connectivity index (χ0n) is 7.51. The SMILES string of the molecule is CC(c1ccnn1C)C(O)C(=O)O. The van der Waals surface area contributed by atoms with Crippen molar-refractivity contribution in [2.24, 2.45) is 7.05 Å². The molecule has 0 aliphatic carbocycles. The van der Waals surface area contributed by atoms with Gasteiger partial charge < -0.3 is 10.2 Å². The van der Waals surface area contributed by atoms with E-state index in [1.165, 1.54) is 0 Å². The standard InChI is InChI=1S/C8H12N2O3/c1-5(7(11)8(12)13)6-3-4-9-10(6)2/h3-5,7,11H,1-2H3,(H,12,13). The average molecular weight is 184 g/mol. The topological polar surface area (TPSA) is 75.3 Å². The summed E-state index contributed by atoms with van der Waals surface area (Å²) in [6.07, 6.45) is 0.191. The summed E-state index contributed by atoms with van der Waals surface area (Å²) in [5.41, 5.74) is 0.704. The summed E-state index contributed by atoms with van der Waals surface area (Å²) in [5.74, 6) is -1.67. The van der Waals surface area contributed by atoms with Gasteiger partial charge in [0, 0.05) is 24.9 Å². The molecule has 0 aliphatic heterocycles. The van der Waals surface area contributed by atoms with Crippen molar-refractivity contribution >= 4 is 5.97 Å². The fraction of sp³-hybridized carbons (Fsp3) is 0.500. The summed E-state index contributed by atoms with van der Waals surface area (Å²) < 4.78 is 1.55. The molecule has 1 aromatic rings. The fourth-order valence-corrected chi connectivity index (χ4v) is 1.21. The Kier molecular flexibility index (Phi) is 2.67. The minimum absolute atomic E-state index is 0.454. The zero-order chi connectivity index (χ0) is 10.0. The first kappa shape index (κ1) is 9.73. The van der Waals surface area contributed by atoms with E-state index >= 15 is 0 Å². The molecule has 5 nitrogen and oxygen atoms in total. The van der Waals surface area contributed by atoms with Gasteiger partial charge in [-0.15, -0.1) is 0 Å². The van der Waals surface area contributed by atoms with Crippen molar-refractivity contribution in [3.05, 3.63) is 18.0 Å². The van der Waals surface area contributed by atoms with E-state index in [-0.39, 0.29) is 0 Å². The molecule has 13 heavy (non-hydrogen) atoms. The number of rotatable bonds is 3. The van der Waals surface area contributed by atoms with E-state index in [0.717, 1.165) is 0 Å². The Hall–Kier alpha value is -1.36. The fourth-order valence-electron chi connectivity index (χ4n) is 1.21. The van der Waals surface area contributed by atoms with Crippen LogP contribution in [0.2, 0.25) is 0 Å². The van der Waals surface area contributed by atoms with Gasteiger partial charge in [-0.3, -0.25) is 4.68 Å². The molecular weight excluding hydrogens is 172 g/mol. The van der Waals surface area contributed by atoms with Crippen molar-refractivity contribution in [2.75, 3.05) is 0 Å². The summed E-state index contributed by atoms with van der Waals surface area (Å²) in [7, 11) is 1.71. The molecular formula is C8H12N2O3. The number of carbonyl (C=O) groups is 1. The lowest BCUT2D eigenvalue weighted by molar-refractivity contribution is -0.147. The highest BCUT2D eigenvalue weighted by Gasteiger charge is 2.24. The highest BCUT2D eigenvalue weighted by Crippen LogP contribution is 2.17. The molecule has 0 amide bonds. The van der Waals surface area contributed by atoms with Crippen LogP contribution in [0.4, 0.5) is 0 Å². The van der Waals surface area contributed by atoms with Gasteiger partial charge in [0.25, 0.3) is 0 Å². The molecule has 1 aromatic heterocycles. The maximum Gasteiger partial charge on any atom is 0.333 e. The van der Waals surface area contributed by atoms with Gasteiger partial charge in [0.05, 0.1) is 0 Å². The molecule has 72 valence electrons. The van der Waals surface area contributed by atoms with E-state index in [1.54, 1.807) is 30.9 Å². The first-order chi connectivity index (χ1) is 6.04. The molecule has 0 aliphatic rings. The minimum atomic E-state index is -1.38.